The molecule has 0 saturated heterocycles. The molecule has 0 N–H and O–H groups in total. The first-order chi connectivity index (χ1) is 22.7. The van der Waals surface area contributed by atoms with Crippen LogP contribution in [0.5, 0.6) is 0 Å². The smallest absolute Gasteiger partial charge is 0.159 e. The van der Waals surface area contributed by atoms with Gasteiger partial charge in [0.25, 0.3) is 0 Å². The molecule has 0 fully saturated rings. The first kappa shape index (κ1) is 26.4. The lowest BCUT2D eigenvalue weighted by molar-refractivity contribution is 0.383. The summed E-state index contributed by atoms with van der Waals surface area (Å²) in [5.74, 6) is 1.63. The van der Waals surface area contributed by atoms with Crippen LogP contribution in [0.4, 0.5) is 0 Å². The number of aromatic nitrogens is 1. The Morgan fingerprint density at radius 3 is 1.74 bits per heavy atom. The van der Waals surface area contributed by atoms with Crippen molar-refractivity contribution >= 4 is 55.0 Å². The fraction of sp³-hybridized carbons (Fsp3) is 0.0476. The van der Waals surface area contributed by atoms with Crippen LogP contribution >= 0.6 is 0 Å². The Balaban J connectivity index is 1.28. The molecule has 1 unspecified atom stereocenters. The minimum Gasteiger partial charge on any atom is -0.333 e. The van der Waals surface area contributed by atoms with Crippen molar-refractivity contribution in [2.45, 2.75) is 6.17 Å². The molecule has 2 heterocycles. The first-order valence-corrected chi connectivity index (χ1v) is 15.7. The quantitative estimate of drug-likeness (QED) is 0.201. The summed E-state index contributed by atoms with van der Waals surface area (Å²) in [6.45, 7) is 0. The summed E-state index contributed by atoms with van der Waals surface area (Å²) in [6.07, 6.45) is -0.196. The zero-order valence-electron chi connectivity index (χ0n) is 25.4. The molecule has 218 valence electrons. The molecule has 9 rings (SSSR count). The van der Waals surface area contributed by atoms with E-state index in [2.05, 4.69) is 150 Å². The van der Waals surface area contributed by atoms with Crippen molar-refractivity contribution in [1.29, 1.82) is 0 Å². The average molecular weight is 591 g/mol. The third-order valence-electron chi connectivity index (χ3n) is 9.20. The third-order valence-corrected chi connectivity index (χ3v) is 9.20. The van der Waals surface area contributed by atoms with E-state index in [9.17, 15) is 0 Å². The molecule has 46 heavy (non-hydrogen) atoms. The summed E-state index contributed by atoms with van der Waals surface area (Å²) >= 11 is 0. The molecule has 0 saturated carbocycles. The minimum atomic E-state index is -0.196. The second-order valence-corrected chi connectivity index (χ2v) is 11.9. The molecule has 1 atom stereocenters. The Hall–Kier alpha value is -6.00. The van der Waals surface area contributed by atoms with Crippen LogP contribution in [-0.4, -0.2) is 28.2 Å². The van der Waals surface area contributed by atoms with Gasteiger partial charge in [-0.1, -0.05) is 133 Å². The zero-order valence-corrected chi connectivity index (χ0v) is 25.4. The van der Waals surface area contributed by atoms with Gasteiger partial charge in [-0.3, -0.25) is 0 Å². The number of fused-ring (bicyclic) bond motifs is 7. The number of amidine groups is 2. The van der Waals surface area contributed by atoms with Crippen molar-refractivity contribution in [3.05, 3.63) is 174 Å². The number of hydrogen-bond acceptors (Lipinski definition) is 3. The highest BCUT2D eigenvalue weighted by atomic mass is 15.3. The Kier molecular flexibility index (Phi) is 6.07. The van der Waals surface area contributed by atoms with Gasteiger partial charge in [0.2, 0.25) is 0 Å². The van der Waals surface area contributed by atoms with Gasteiger partial charge in [-0.05, 0) is 51.4 Å². The van der Waals surface area contributed by atoms with E-state index in [0.29, 0.717) is 0 Å². The fourth-order valence-electron chi connectivity index (χ4n) is 7.05. The molecule has 0 amide bonds. The summed E-state index contributed by atoms with van der Waals surface area (Å²) in [5, 5.41) is 7.58. The maximum atomic E-state index is 5.19. The van der Waals surface area contributed by atoms with E-state index in [4.69, 9.17) is 9.98 Å². The molecule has 1 aliphatic heterocycles. The number of hydrogen-bond donors (Lipinski definition) is 0. The maximum Gasteiger partial charge on any atom is 0.159 e. The maximum absolute atomic E-state index is 5.19. The second-order valence-electron chi connectivity index (χ2n) is 11.9. The molecule has 0 radical (unpaired) electrons. The molecule has 0 bridgehead atoms. The van der Waals surface area contributed by atoms with Gasteiger partial charge in [0.15, 0.2) is 5.84 Å². The van der Waals surface area contributed by atoms with E-state index in [1.165, 1.54) is 43.4 Å². The van der Waals surface area contributed by atoms with Crippen LogP contribution in [0.1, 0.15) is 22.9 Å². The van der Waals surface area contributed by atoms with Crippen LogP contribution in [0.25, 0.3) is 49.0 Å². The molecular weight excluding hydrogens is 560 g/mol. The highest BCUT2D eigenvalue weighted by Crippen LogP contribution is 2.40. The van der Waals surface area contributed by atoms with Gasteiger partial charge in [0.1, 0.15) is 12.0 Å². The number of nitrogens with zero attached hydrogens (tertiary/aromatic N) is 4. The largest absolute Gasteiger partial charge is 0.333 e. The third kappa shape index (κ3) is 4.15. The first-order valence-electron chi connectivity index (χ1n) is 15.7. The Labute approximate surface area is 267 Å². The zero-order chi connectivity index (χ0) is 30.6. The molecule has 0 aliphatic carbocycles. The van der Waals surface area contributed by atoms with Gasteiger partial charge in [0, 0.05) is 34.6 Å². The molecule has 1 aromatic heterocycles. The molecular formula is C42H30N4. The average Bonchev–Trinajstić information content (AvgIpc) is 3.48. The summed E-state index contributed by atoms with van der Waals surface area (Å²) in [4.78, 5) is 12.5. The Morgan fingerprint density at radius 1 is 0.522 bits per heavy atom. The summed E-state index contributed by atoms with van der Waals surface area (Å²) in [6, 6.07) is 56.0. The molecule has 1 aliphatic rings. The fourth-order valence-corrected chi connectivity index (χ4v) is 7.05. The lowest BCUT2D eigenvalue weighted by Gasteiger charge is -2.32. The highest BCUT2D eigenvalue weighted by molar-refractivity contribution is 6.28. The van der Waals surface area contributed by atoms with Gasteiger partial charge < -0.3 is 9.47 Å². The molecule has 7 aromatic carbocycles. The normalized spacial score (nSPS) is 15.1. The van der Waals surface area contributed by atoms with Crippen LogP contribution in [-0.2, 0) is 0 Å². The van der Waals surface area contributed by atoms with E-state index < -0.39 is 0 Å². The molecule has 0 spiro atoms. The SMILES string of the molecule is CN1C(c2cccc(-n3c4ccc5ccccc5c4c4c5ccccc5ccc43)c2)=NC(c2ccccc2)=NC1c1ccccc1. The number of rotatable bonds is 4. The van der Waals surface area contributed by atoms with Crippen molar-refractivity contribution in [2.75, 3.05) is 7.05 Å². The van der Waals surface area contributed by atoms with E-state index >= 15 is 0 Å². The molecule has 4 nitrogen and oxygen atoms in total. The highest BCUT2D eigenvalue weighted by Gasteiger charge is 2.27. The van der Waals surface area contributed by atoms with E-state index in [1.807, 2.05) is 24.3 Å². The van der Waals surface area contributed by atoms with Crippen molar-refractivity contribution in [2.24, 2.45) is 9.98 Å². The van der Waals surface area contributed by atoms with Gasteiger partial charge in [-0.25, -0.2) is 9.98 Å². The minimum absolute atomic E-state index is 0.196. The standard InChI is InChI=1S/C42H30N4/c1-45-41(31-17-6-3-7-18-31)43-40(30-15-4-2-5-16-30)44-42(45)32-19-12-20-33(27-32)46-36-25-23-28-13-8-10-21-34(28)38(36)39-35-22-11-9-14-29(35)24-26-37(39)46/h2-27,41H,1H3. The number of benzene rings is 7. The Bertz CT molecular complexity index is 2400. The van der Waals surface area contributed by atoms with E-state index in [-0.39, 0.29) is 6.17 Å². The molecule has 8 aromatic rings. The van der Waals surface area contributed by atoms with E-state index in [0.717, 1.165) is 34.0 Å². The Morgan fingerprint density at radius 2 is 1.09 bits per heavy atom. The van der Waals surface area contributed by atoms with Crippen LogP contribution in [0.2, 0.25) is 0 Å². The molecule has 4 heteroatoms. The van der Waals surface area contributed by atoms with Gasteiger partial charge in [-0.15, -0.1) is 0 Å². The van der Waals surface area contributed by atoms with Gasteiger partial charge in [0.05, 0.1) is 11.0 Å². The van der Waals surface area contributed by atoms with Crippen molar-refractivity contribution < 1.29 is 0 Å². The van der Waals surface area contributed by atoms with Crippen LogP contribution in [0.3, 0.4) is 0 Å². The lowest BCUT2D eigenvalue weighted by Crippen LogP contribution is -2.35. The summed E-state index contributed by atoms with van der Waals surface area (Å²) in [7, 11) is 2.09. The van der Waals surface area contributed by atoms with Gasteiger partial charge >= 0.3 is 0 Å². The summed E-state index contributed by atoms with van der Waals surface area (Å²) < 4.78 is 2.41. The van der Waals surface area contributed by atoms with Crippen LogP contribution in [0, 0.1) is 0 Å². The van der Waals surface area contributed by atoms with Crippen molar-refractivity contribution in [1.82, 2.24) is 9.47 Å². The van der Waals surface area contributed by atoms with Crippen LogP contribution in [0.15, 0.2) is 168 Å². The number of aliphatic imine (C=N–C) groups is 2. The predicted octanol–water partition coefficient (Wildman–Crippen LogP) is 9.93. The topological polar surface area (TPSA) is 32.9 Å². The van der Waals surface area contributed by atoms with Crippen molar-refractivity contribution in [3.63, 3.8) is 0 Å². The van der Waals surface area contributed by atoms with Gasteiger partial charge in [-0.2, -0.15) is 0 Å². The van der Waals surface area contributed by atoms with Crippen LogP contribution < -0.4 is 0 Å². The lowest BCUT2D eigenvalue weighted by atomic mass is 10.00. The van der Waals surface area contributed by atoms with E-state index in [1.54, 1.807) is 0 Å². The predicted molar refractivity (Wildman–Crippen MR) is 192 cm³/mol. The van der Waals surface area contributed by atoms with Crippen molar-refractivity contribution in [3.8, 4) is 5.69 Å². The second kappa shape index (κ2) is 10.6. The monoisotopic (exact) mass is 590 g/mol. The summed E-state index contributed by atoms with van der Waals surface area (Å²) in [5.41, 5.74) is 6.65.